The second kappa shape index (κ2) is 8.74. The SMILES string of the molecule is COCCOc1cccc([C@H]2OCC[C@@]34C[C@@H](C[C@H]23)C(C)(C)[C@@H]4NC(=O)CC(C)C)c1. The Bertz CT molecular complexity index is 791. The Balaban J connectivity index is 1.57. The number of carbonyl (C=O) groups is 1. The predicted octanol–water partition coefficient (Wildman–Crippen LogP) is 4.76. The van der Waals surface area contributed by atoms with Crippen LogP contribution in [-0.2, 0) is 14.3 Å². The van der Waals surface area contributed by atoms with Crippen LogP contribution < -0.4 is 10.1 Å². The van der Waals surface area contributed by atoms with Crippen LogP contribution in [0.5, 0.6) is 5.75 Å². The van der Waals surface area contributed by atoms with E-state index in [1.165, 1.54) is 18.4 Å². The number of hydrogen-bond acceptors (Lipinski definition) is 4. The van der Waals surface area contributed by atoms with Crippen molar-refractivity contribution in [3.05, 3.63) is 29.8 Å². The lowest BCUT2D eigenvalue weighted by Crippen LogP contribution is -2.59. The van der Waals surface area contributed by atoms with Gasteiger partial charge in [0.15, 0.2) is 0 Å². The van der Waals surface area contributed by atoms with E-state index >= 15 is 0 Å². The molecule has 5 atom stereocenters. The highest BCUT2D eigenvalue weighted by Crippen LogP contribution is 2.70. The monoisotopic (exact) mass is 429 g/mol. The minimum Gasteiger partial charge on any atom is -0.491 e. The molecule has 3 fully saturated rings. The van der Waals surface area contributed by atoms with Crippen molar-refractivity contribution in [2.24, 2.45) is 28.6 Å². The van der Waals surface area contributed by atoms with Gasteiger partial charge < -0.3 is 19.5 Å². The molecule has 1 aliphatic heterocycles. The minimum absolute atomic E-state index is 0.0605. The number of carbonyl (C=O) groups excluding carboxylic acids is 1. The van der Waals surface area contributed by atoms with E-state index in [2.05, 4.69) is 51.2 Å². The average molecular weight is 430 g/mol. The zero-order valence-corrected chi connectivity index (χ0v) is 19.8. The number of rotatable bonds is 8. The van der Waals surface area contributed by atoms with Gasteiger partial charge in [0, 0.05) is 26.2 Å². The topological polar surface area (TPSA) is 56.8 Å². The molecule has 1 heterocycles. The Kier molecular flexibility index (Phi) is 6.37. The Morgan fingerprint density at radius 2 is 2.10 bits per heavy atom. The molecule has 0 unspecified atom stereocenters. The third kappa shape index (κ3) is 4.11. The fourth-order valence-electron chi connectivity index (χ4n) is 6.73. The molecule has 5 heteroatoms. The van der Waals surface area contributed by atoms with Gasteiger partial charge in [0.2, 0.25) is 5.91 Å². The molecule has 5 nitrogen and oxygen atoms in total. The maximum atomic E-state index is 12.8. The molecule has 172 valence electrons. The Morgan fingerprint density at radius 3 is 2.84 bits per heavy atom. The number of amides is 1. The van der Waals surface area contributed by atoms with Gasteiger partial charge in [0.1, 0.15) is 12.4 Å². The highest BCUT2D eigenvalue weighted by atomic mass is 16.5. The van der Waals surface area contributed by atoms with Crippen LogP contribution in [0.15, 0.2) is 24.3 Å². The summed E-state index contributed by atoms with van der Waals surface area (Å²) < 4.78 is 17.4. The molecule has 1 spiro atoms. The van der Waals surface area contributed by atoms with Gasteiger partial charge in [-0.1, -0.05) is 39.8 Å². The van der Waals surface area contributed by atoms with Crippen LogP contribution in [0.4, 0.5) is 0 Å². The van der Waals surface area contributed by atoms with Crippen LogP contribution in [0.2, 0.25) is 0 Å². The lowest BCUT2D eigenvalue weighted by molar-refractivity contribution is -0.137. The summed E-state index contributed by atoms with van der Waals surface area (Å²) in [6.07, 6.45) is 4.05. The van der Waals surface area contributed by atoms with E-state index in [1.54, 1.807) is 7.11 Å². The lowest BCUT2D eigenvalue weighted by Gasteiger charge is -2.53. The molecule has 4 rings (SSSR count). The van der Waals surface area contributed by atoms with E-state index < -0.39 is 0 Å². The summed E-state index contributed by atoms with van der Waals surface area (Å²) in [6, 6.07) is 8.55. The second-order valence-corrected chi connectivity index (χ2v) is 10.9. The van der Waals surface area contributed by atoms with Gasteiger partial charge in [0.05, 0.1) is 12.7 Å². The molecule has 2 saturated carbocycles. The summed E-state index contributed by atoms with van der Waals surface area (Å²) in [4.78, 5) is 12.8. The average Bonchev–Trinajstić information content (AvgIpc) is 3.20. The van der Waals surface area contributed by atoms with Crippen LogP contribution in [-0.4, -0.2) is 38.9 Å². The summed E-state index contributed by atoms with van der Waals surface area (Å²) in [5, 5.41) is 3.51. The summed E-state index contributed by atoms with van der Waals surface area (Å²) in [5.41, 5.74) is 1.43. The quantitative estimate of drug-likeness (QED) is 0.606. The molecule has 2 bridgehead atoms. The highest BCUT2D eigenvalue weighted by Gasteiger charge is 2.68. The fourth-order valence-corrected chi connectivity index (χ4v) is 6.73. The molecular weight excluding hydrogens is 390 g/mol. The third-order valence-corrected chi connectivity index (χ3v) is 8.15. The largest absolute Gasteiger partial charge is 0.491 e. The first-order valence-electron chi connectivity index (χ1n) is 11.9. The predicted molar refractivity (Wildman–Crippen MR) is 121 cm³/mol. The van der Waals surface area contributed by atoms with Gasteiger partial charge in [-0.25, -0.2) is 0 Å². The second-order valence-electron chi connectivity index (χ2n) is 10.9. The number of benzene rings is 1. The van der Waals surface area contributed by atoms with E-state index in [1.807, 2.05) is 6.07 Å². The van der Waals surface area contributed by atoms with Crippen molar-refractivity contribution in [2.45, 2.75) is 65.5 Å². The first-order valence-corrected chi connectivity index (χ1v) is 11.9. The van der Waals surface area contributed by atoms with Crippen LogP contribution in [0.3, 0.4) is 0 Å². The fraction of sp³-hybridized carbons (Fsp3) is 0.731. The standard InChI is InChI=1S/C26H39NO4/c1-17(2)13-22(28)27-24-25(3,4)19-15-21-23(31-10-9-26(21,24)16-19)18-7-6-8-20(14-18)30-12-11-29-5/h6-8,14,17,19,21,23-24H,9-13,15-16H2,1-5H3,(H,27,28)/t19-,21-,23-,24+,26-/m1/s1. The van der Waals surface area contributed by atoms with Crippen LogP contribution in [0, 0.1) is 28.6 Å². The first-order chi connectivity index (χ1) is 14.8. The smallest absolute Gasteiger partial charge is 0.220 e. The number of nitrogens with one attached hydrogen (secondary N) is 1. The van der Waals surface area contributed by atoms with Gasteiger partial charge in [-0.05, 0) is 65.5 Å². The van der Waals surface area contributed by atoms with Gasteiger partial charge in [-0.3, -0.25) is 4.79 Å². The van der Waals surface area contributed by atoms with Crippen LogP contribution in [0.25, 0.3) is 0 Å². The summed E-state index contributed by atoms with van der Waals surface area (Å²) in [5.74, 6) is 2.48. The summed E-state index contributed by atoms with van der Waals surface area (Å²) in [6.45, 7) is 10.8. The van der Waals surface area contributed by atoms with Crippen LogP contribution >= 0.6 is 0 Å². The zero-order valence-electron chi connectivity index (χ0n) is 19.8. The van der Waals surface area contributed by atoms with Gasteiger partial charge in [-0.15, -0.1) is 0 Å². The van der Waals surface area contributed by atoms with Crippen molar-refractivity contribution in [2.75, 3.05) is 26.9 Å². The number of hydrogen-bond donors (Lipinski definition) is 1. The molecule has 1 amide bonds. The molecule has 0 aromatic heterocycles. The number of methoxy groups -OCH3 is 1. The van der Waals surface area contributed by atoms with Crippen molar-refractivity contribution in [3.8, 4) is 5.75 Å². The molecule has 1 saturated heterocycles. The third-order valence-electron chi connectivity index (χ3n) is 8.15. The molecule has 0 radical (unpaired) electrons. The molecule has 2 aliphatic carbocycles. The van der Waals surface area contributed by atoms with Gasteiger partial charge in [-0.2, -0.15) is 0 Å². The van der Waals surface area contributed by atoms with Crippen LogP contribution in [0.1, 0.15) is 65.0 Å². The summed E-state index contributed by atoms with van der Waals surface area (Å²) >= 11 is 0. The maximum Gasteiger partial charge on any atom is 0.220 e. The van der Waals surface area contributed by atoms with Gasteiger partial charge in [0.25, 0.3) is 0 Å². The molecule has 1 aromatic rings. The zero-order chi connectivity index (χ0) is 22.2. The molecule has 31 heavy (non-hydrogen) atoms. The van der Waals surface area contributed by atoms with E-state index in [0.717, 1.165) is 18.8 Å². The lowest BCUT2D eigenvalue weighted by atomic mass is 9.58. The molecular formula is C26H39NO4. The van der Waals surface area contributed by atoms with Crippen molar-refractivity contribution < 1.29 is 19.0 Å². The normalized spacial score (nSPS) is 33.4. The summed E-state index contributed by atoms with van der Waals surface area (Å²) in [7, 11) is 1.68. The minimum atomic E-state index is 0.0605. The van der Waals surface area contributed by atoms with E-state index in [0.29, 0.717) is 37.4 Å². The highest BCUT2D eigenvalue weighted by molar-refractivity contribution is 5.76. The first kappa shape index (κ1) is 22.6. The van der Waals surface area contributed by atoms with Crippen molar-refractivity contribution >= 4 is 5.91 Å². The number of ether oxygens (including phenoxy) is 3. The van der Waals surface area contributed by atoms with E-state index in [4.69, 9.17) is 14.2 Å². The Hall–Kier alpha value is -1.59. The van der Waals surface area contributed by atoms with Crippen molar-refractivity contribution in [3.63, 3.8) is 0 Å². The van der Waals surface area contributed by atoms with E-state index in [9.17, 15) is 4.79 Å². The molecule has 1 aromatic carbocycles. The van der Waals surface area contributed by atoms with Crippen molar-refractivity contribution in [1.29, 1.82) is 0 Å². The number of fused-ring (bicyclic) bond motifs is 1. The van der Waals surface area contributed by atoms with Gasteiger partial charge >= 0.3 is 0 Å². The molecule has 1 N–H and O–H groups in total. The van der Waals surface area contributed by atoms with E-state index in [-0.39, 0.29) is 28.9 Å². The molecule has 3 aliphatic rings. The Morgan fingerprint density at radius 1 is 1.29 bits per heavy atom. The van der Waals surface area contributed by atoms with Crippen molar-refractivity contribution in [1.82, 2.24) is 5.32 Å². The maximum absolute atomic E-state index is 12.8. The Labute approximate surface area is 187 Å².